The van der Waals surface area contributed by atoms with Crippen LogP contribution in [0.15, 0.2) is 6.20 Å². The van der Waals surface area contributed by atoms with E-state index in [0.29, 0.717) is 24.6 Å². The molecule has 74 valence electrons. The molecule has 5 nitrogen and oxygen atoms in total. The Labute approximate surface area is 77.2 Å². The van der Waals surface area contributed by atoms with Gasteiger partial charge in [0.25, 0.3) is 0 Å². The molecule has 0 saturated carbocycles. The van der Waals surface area contributed by atoms with Crippen molar-refractivity contribution in [3.63, 3.8) is 0 Å². The van der Waals surface area contributed by atoms with Crippen LogP contribution in [0, 0.1) is 0 Å². The molecule has 1 rings (SSSR count). The predicted octanol–water partition coefficient (Wildman–Crippen LogP) is 1.06. The van der Waals surface area contributed by atoms with Gasteiger partial charge < -0.3 is 15.2 Å². The van der Waals surface area contributed by atoms with Crippen molar-refractivity contribution in [2.45, 2.75) is 20.1 Å². The number of hydrogen-bond acceptors (Lipinski definition) is 4. The summed E-state index contributed by atoms with van der Waals surface area (Å²) in [4.78, 5) is 0. The minimum Gasteiger partial charge on any atom is -0.396 e. The molecule has 0 aliphatic rings. The lowest BCUT2D eigenvalue weighted by Crippen LogP contribution is -2.11. The van der Waals surface area contributed by atoms with Gasteiger partial charge in [-0.05, 0) is 13.8 Å². The summed E-state index contributed by atoms with van der Waals surface area (Å²) in [6.07, 6.45) is 1.11. The van der Waals surface area contributed by atoms with E-state index in [9.17, 15) is 0 Å². The second kappa shape index (κ2) is 4.84. The number of anilines is 1. The van der Waals surface area contributed by atoms with Gasteiger partial charge in [0.15, 0.2) is 0 Å². The third kappa shape index (κ3) is 2.43. The third-order valence-electron chi connectivity index (χ3n) is 1.57. The highest BCUT2D eigenvalue weighted by Crippen LogP contribution is 2.21. The highest BCUT2D eigenvalue weighted by atomic mass is 16.7. The average molecular weight is 185 g/mol. The van der Waals surface area contributed by atoms with E-state index in [1.807, 2.05) is 13.8 Å². The maximum Gasteiger partial charge on any atom is 0.202 e. The van der Waals surface area contributed by atoms with Crippen molar-refractivity contribution in [1.29, 1.82) is 0 Å². The first-order valence-corrected chi connectivity index (χ1v) is 4.31. The molecule has 0 atom stereocenters. The second-order valence-corrected chi connectivity index (χ2v) is 2.48. The Morgan fingerprint density at radius 1 is 1.46 bits per heavy atom. The summed E-state index contributed by atoms with van der Waals surface area (Å²) in [5, 5.41) is 6.55. The van der Waals surface area contributed by atoms with Crippen LogP contribution in [0.3, 0.4) is 0 Å². The molecule has 0 aliphatic heterocycles. The monoisotopic (exact) mass is 185 g/mol. The number of nitrogen functional groups attached to an aromatic ring is 1. The maximum atomic E-state index is 5.65. The number of aromatic nitrogens is 2. The van der Waals surface area contributed by atoms with Gasteiger partial charge in [0, 0.05) is 13.2 Å². The minimum absolute atomic E-state index is 0.433. The first-order valence-electron chi connectivity index (χ1n) is 4.31. The summed E-state index contributed by atoms with van der Waals surface area (Å²) < 4.78 is 10.7. The van der Waals surface area contributed by atoms with Crippen molar-refractivity contribution in [3.05, 3.63) is 11.9 Å². The molecule has 0 fully saturated rings. The molecule has 0 unspecified atom stereocenters. The summed E-state index contributed by atoms with van der Waals surface area (Å²) >= 11 is 0. The maximum absolute atomic E-state index is 5.65. The largest absolute Gasteiger partial charge is 0.396 e. The molecule has 13 heavy (non-hydrogen) atoms. The van der Waals surface area contributed by atoms with Gasteiger partial charge in [0.2, 0.25) is 6.29 Å². The average Bonchev–Trinajstić information content (AvgIpc) is 2.51. The van der Waals surface area contributed by atoms with Crippen molar-refractivity contribution in [1.82, 2.24) is 10.2 Å². The van der Waals surface area contributed by atoms with Crippen LogP contribution in [0.4, 0.5) is 5.69 Å². The summed E-state index contributed by atoms with van der Waals surface area (Å²) in [5.41, 5.74) is 6.89. The van der Waals surface area contributed by atoms with Crippen molar-refractivity contribution >= 4 is 5.69 Å². The smallest absolute Gasteiger partial charge is 0.202 e. The van der Waals surface area contributed by atoms with Gasteiger partial charge in [0.1, 0.15) is 5.69 Å². The van der Waals surface area contributed by atoms with Crippen LogP contribution in [0.5, 0.6) is 0 Å². The summed E-state index contributed by atoms with van der Waals surface area (Å²) in [6, 6.07) is 0. The van der Waals surface area contributed by atoms with E-state index in [-0.39, 0.29) is 0 Å². The van der Waals surface area contributed by atoms with Gasteiger partial charge in [0.05, 0.1) is 11.9 Å². The summed E-state index contributed by atoms with van der Waals surface area (Å²) in [7, 11) is 0. The highest BCUT2D eigenvalue weighted by Gasteiger charge is 2.15. The Hall–Kier alpha value is -1.07. The molecule has 0 amide bonds. The Kier molecular flexibility index (Phi) is 3.72. The Morgan fingerprint density at radius 3 is 2.46 bits per heavy atom. The van der Waals surface area contributed by atoms with Gasteiger partial charge >= 0.3 is 0 Å². The quantitative estimate of drug-likeness (QED) is 0.673. The van der Waals surface area contributed by atoms with Crippen molar-refractivity contribution in [2.75, 3.05) is 18.9 Å². The number of hydrogen-bond donors (Lipinski definition) is 2. The second-order valence-electron chi connectivity index (χ2n) is 2.48. The molecule has 1 heterocycles. The third-order valence-corrected chi connectivity index (χ3v) is 1.57. The number of nitrogens with two attached hydrogens (primary N) is 1. The van der Waals surface area contributed by atoms with Crippen molar-refractivity contribution in [3.8, 4) is 0 Å². The minimum atomic E-state index is -0.433. The number of nitrogens with zero attached hydrogens (tertiary/aromatic N) is 1. The number of aromatic amines is 1. The molecule has 1 aromatic rings. The molecule has 0 spiro atoms. The fourth-order valence-corrected chi connectivity index (χ4v) is 1.01. The molecule has 3 N–H and O–H groups in total. The van der Waals surface area contributed by atoms with Crippen molar-refractivity contribution in [2.24, 2.45) is 0 Å². The first kappa shape index (κ1) is 10.0. The van der Waals surface area contributed by atoms with Crippen LogP contribution >= 0.6 is 0 Å². The van der Waals surface area contributed by atoms with E-state index in [2.05, 4.69) is 10.2 Å². The zero-order valence-corrected chi connectivity index (χ0v) is 7.91. The molecular weight excluding hydrogens is 170 g/mol. The Bertz CT molecular complexity index is 243. The zero-order valence-electron chi connectivity index (χ0n) is 7.91. The lowest BCUT2D eigenvalue weighted by Gasteiger charge is -2.15. The Balaban J connectivity index is 2.69. The standard InChI is InChI=1S/C8H15N3O2/c1-3-12-8(13-4-2)7-6(9)5-10-11-7/h5,8H,3-4,9H2,1-2H3,(H,10,11). The van der Waals surface area contributed by atoms with Gasteiger partial charge in [-0.1, -0.05) is 0 Å². The fourth-order valence-electron chi connectivity index (χ4n) is 1.01. The van der Waals surface area contributed by atoms with E-state index >= 15 is 0 Å². The van der Waals surface area contributed by atoms with Crippen LogP contribution in [-0.4, -0.2) is 23.4 Å². The molecule has 0 aromatic carbocycles. The van der Waals surface area contributed by atoms with E-state index in [1.165, 1.54) is 0 Å². The molecule has 0 bridgehead atoms. The predicted molar refractivity (Wildman–Crippen MR) is 49.0 cm³/mol. The lowest BCUT2D eigenvalue weighted by molar-refractivity contribution is -0.142. The molecule has 0 saturated heterocycles. The number of rotatable bonds is 5. The zero-order chi connectivity index (χ0) is 9.68. The van der Waals surface area contributed by atoms with E-state index < -0.39 is 6.29 Å². The summed E-state index contributed by atoms with van der Waals surface area (Å²) in [5.74, 6) is 0. The van der Waals surface area contributed by atoms with Crippen LogP contribution in [0.25, 0.3) is 0 Å². The number of ether oxygens (including phenoxy) is 2. The fraction of sp³-hybridized carbons (Fsp3) is 0.625. The SMILES string of the molecule is CCOC(OCC)c1[nH]ncc1N. The first-order chi connectivity index (χ1) is 6.29. The van der Waals surface area contributed by atoms with E-state index in [1.54, 1.807) is 6.20 Å². The molecule has 1 aromatic heterocycles. The normalized spacial score (nSPS) is 11.0. The van der Waals surface area contributed by atoms with Crippen LogP contribution in [0.2, 0.25) is 0 Å². The lowest BCUT2D eigenvalue weighted by atomic mass is 10.3. The topological polar surface area (TPSA) is 73.2 Å². The van der Waals surface area contributed by atoms with Crippen LogP contribution < -0.4 is 5.73 Å². The van der Waals surface area contributed by atoms with Gasteiger partial charge in [-0.3, -0.25) is 5.10 Å². The van der Waals surface area contributed by atoms with E-state index in [0.717, 1.165) is 0 Å². The van der Waals surface area contributed by atoms with Crippen molar-refractivity contribution < 1.29 is 9.47 Å². The van der Waals surface area contributed by atoms with Gasteiger partial charge in [-0.2, -0.15) is 5.10 Å². The molecule has 5 heteroatoms. The van der Waals surface area contributed by atoms with Gasteiger partial charge in [-0.15, -0.1) is 0 Å². The highest BCUT2D eigenvalue weighted by molar-refractivity contribution is 5.40. The molecule has 0 radical (unpaired) electrons. The number of H-pyrrole nitrogens is 1. The van der Waals surface area contributed by atoms with Crippen LogP contribution in [0.1, 0.15) is 25.8 Å². The van der Waals surface area contributed by atoms with Gasteiger partial charge in [-0.25, -0.2) is 0 Å². The van der Waals surface area contributed by atoms with Crippen LogP contribution in [-0.2, 0) is 9.47 Å². The molecule has 0 aliphatic carbocycles. The Morgan fingerprint density at radius 2 is 2.08 bits per heavy atom. The molecular formula is C8H15N3O2. The number of nitrogens with one attached hydrogen (secondary N) is 1. The van der Waals surface area contributed by atoms with E-state index in [4.69, 9.17) is 15.2 Å². The summed E-state index contributed by atoms with van der Waals surface area (Å²) in [6.45, 7) is 4.95.